The van der Waals surface area contributed by atoms with Crippen LogP contribution in [0.2, 0.25) is 5.02 Å². The third kappa shape index (κ3) is 6.22. The maximum Gasteiger partial charge on any atom is 0.238 e. The van der Waals surface area contributed by atoms with Crippen molar-refractivity contribution in [3.8, 4) is 0 Å². The molecule has 1 aliphatic rings. The van der Waals surface area contributed by atoms with Crippen molar-refractivity contribution >= 4 is 67.6 Å². The van der Waals surface area contributed by atoms with Gasteiger partial charge in [-0.25, -0.2) is 9.38 Å². The second-order valence-corrected chi connectivity index (χ2v) is 9.81. The van der Waals surface area contributed by atoms with Gasteiger partial charge >= 0.3 is 0 Å². The van der Waals surface area contributed by atoms with Crippen molar-refractivity contribution in [1.29, 1.82) is 0 Å². The molecule has 1 fully saturated rings. The SMILES string of the molecule is O=C(Nc1cccc(Br)c1)C1CC(=O)N(Cc2ccc(F)cc2)C(=Nc2ccc(Cl)cc2)S1. The minimum atomic E-state index is -0.646. The van der Waals surface area contributed by atoms with Gasteiger partial charge in [-0.3, -0.25) is 14.5 Å². The number of aliphatic imine (C=N–C) groups is 1. The van der Waals surface area contributed by atoms with Crippen molar-refractivity contribution in [2.24, 2.45) is 4.99 Å². The van der Waals surface area contributed by atoms with Crippen LogP contribution < -0.4 is 5.32 Å². The molecule has 0 saturated carbocycles. The molecule has 3 aromatic rings. The van der Waals surface area contributed by atoms with Crippen LogP contribution in [0.25, 0.3) is 0 Å². The highest BCUT2D eigenvalue weighted by molar-refractivity contribution is 9.10. The Morgan fingerprint density at radius 3 is 2.58 bits per heavy atom. The first-order chi connectivity index (χ1) is 15.9. The van der Waals surface area contributed by atoms with Gasteiger partial charge in [0.05, 0.1) is 12.2 Å². The Bertz CT molecular complexity index is 1210. The van der Waals surface area contributed by atoms with E-state index in [1.54, 1.807) is 48.5 Å². The van der Waals surface area contributed by atoms with Crippen molar-refractivity contribution in [3.63, 3.8) is 0 Å². The molecule has 5 nitrogen and oxygen atoms in total. The molecule has 0 radical (unpaired) electrons. The molecule has 0 aromatic heterocycles. The van der Waals surface area contributed by atoms with Crippen molar-refractivity contribution in [2.75, 3.05) is 5.32 Å². The number of hydrogen-bond donors (Lipinski definition) is 1. The van der Waals surface area contributed by atoms with Crippen LogP contribution in [0.3, 0.4) is 0 Å². The van der Waals surface area contributed by atoms with E-state index in [0.717, 1.165) is 10.0 Å². The Morgan fingerprint density at radius 1 is 1.15 bits per heavy atom. The van der Waals surface area contributed by atoms with Gasteiger partial charge in [-0.15, -0.1) is 0 Å². The van der Waals surface area contributed by atoms with Crippen LogP contribution in [0.4, 0.5) is 15.8 Å². The lowest BCUT2D eigenvalue weighted by atomic mass is 10.2. The van der Waals surface area contributed by atoms with E-state index >= 15 is 0 Å². The Labute approximate surface area is 208 Å². The highest BCUT2D eigenvalue weighted by Gasteiger charge is 2.36. The van der Waals surface area contributed by atoms with Crippen LogP contribution in [0, 0.1) is 5.82 Å². The van der Waals surface area contributed by atoms with Gasteiger partial charge in [-0.1, -0.05) is 57.5 Å². The first kappa shape index (κ1) is 23.5. The number of halogens is 3. The lowest BCUT2D eigenvalue weighted by molar-refractivity contribution is -0.129. The van der Waals surface area contributed by atoms with Crippen molar-refractivity contribution in [2.45, 2.75) is 18.2 Å². The van der Waals surface area contributed by atoms with Crippen LogP contribution in [0.5, 0.6) is 0 Å². The summed E-state index contributed by atoms with van der Waals surface area (Å²) in [6.45, 7) is 0.221. The van der Waals surface area contributed by atoms with Gasteiger partial charge in [-0.2, -0.15) is 0 Å². The van der Waals surface area contributed by atoms with E-state index in [1.165, 1.54) is 28.8 Å². The molecule has 1 N–H and O–H groups in total. The van der Waals surface area contributed by atoms with Gasteiger partial charge in [0.1, 0.15) is 11.1 Å². The molecule has 168 valence electrons. The van der Waals surface area contributed by atoms with E-state index in [4.69, 9.17) is 11.6 Å². The number of rotatable bonds is 5. The number of carbonyl (C=O) groups excluding carboxylic acids is 2. The molecular weight excluding hydrogens is 529 g/mol. The van der Waals surface area contributed by atoms with E-state index in [-0.39, 0.29) is 30.6 Å². The summed E-state index contributed by atoms with van der Waals surface area (Å²) < 4.78 is 14.2. The first-order valence-corrected chi connectivity index (χ1v) is 12.0. The summed E-state index contributed by atoms with van der Waals surface area (Å²) in [5.74, 6) is -0.866. The number of amidine groups is 1. The van der Waals surface area contributed by atoms with Crippen molar-refractivity contribution in [3.05, 3.63) is 93.7 Å². The van der Waals surface area contributed by atoms with E-state index in [0.29, 0.717) is 21.6 Å². The summed E-state index contributed by atoms with van der Waals surface area (Å²) in [5, 5.41) is 3.18. The summed E-state index contributed by atoms with van der Waals surface area (Å²) >= 11 is 10.6. The van der Waals surface area contributed by atoms with Gasteiger partial charge in [0.15, 0.2) is 5.17 Å². The average molecular weight is 547 g/mol. The average Bonchev–Trinajstić information content (AvgIpc) is 2.78. The molecule has 0 spiro atoms. The fourth-order valence-electron chi connectivity index (χ4n) is 3.18. The molecule has 3 aromatic carbocycles. The molecule has 2 amide bonds. The smallest absolute Gasteiger partial charge is 0.238 e. The molecule has 1 aliphatic heterocycles. The lowest BCUT2D eigenvalue weighted by Gasteiger charge is -2.32. The number of carbonyl (C=O) groups is 2. The van der Waals surface area contributed by atoms with Crippen LogP contribution in [0.1, 0.15) is 12.0 Å². The molecular formula is C24H18BrClFN3O2S. The first-order valence-electron chi connectivity index (χ1n) is 9.99. The zero-order valence-corrected chi connectivity index (χ0v) is 20.3. The standard InChI is InChI=1S/C24H18BrClFN3O2S/c25-16-2-1-3-20(12-16)28-23(32)21-13-22(31)30(14-15-4-8-18(27)9-5-15)24(33-21)29-19-10-6-17(26)7-11-19/h1-12,21H,13-14H2,(H,28,32). The molecule has 1 saturated heterocycles. The molecule has 1 heterocycles. The van der Waals surface area contributed by atoms with E-state index in [9.17, 15) is 14.0 Å². The van der Waals surface area contributed by atoms with E-state index in [1.807, 2.05) is 12.1 Å². The molecule has 9 heteroatoms. The predicted molar refractivity (Wildman–Crippen MR) is 134 cm³/mol. The Balaban J connectivity index is 1.59. The third-order valence-corrected chi connectivity index (χ3v) is 6.76. The summed E-state index contributed by atoms with van der Waals surface area (Å²) in [5.41, 5.74) is 1.99. The zero-order chi connectivity index (χ0) is 23.4. The molecule has 0 bridgehead atoms. The number of hydrogen-bond acceptors (Lipinski definition) is 4. The number of benzene rings is 3. The third-order valence-electron chi connectivity index (χ3n) is 4.83. The van der Waals surface area contributed by atoms with Gasteiger partial charge in [0, 0.05) is 21.6 Å². The number of nitrogens with zero attached hydrogens (tertiary/aromatic N) is 2. The number of amides is 2. The van der Waals surface area contributed by atoms with Gasteiger partial charge in [0.2, 0.25) is 11.8 Å². The Morgan fingerprint density at radius 2 is 1.88 bits per heavy atom. The highest BCUT2D eigenvalue weighted by atomic mass is 79.9. The van der Waals surface area contributed by atoms with Gasteiger partial charge < -0.3 is 5.32 Å². The monoisotopic (exact) mass is 545 g/mol. The largest absolute Gasteiger partial charge is 0.325 e. The number of anilines is 1. The Kier molecular flexibility index (Phi) is 7.47. The number of nitrogens with one attached hydrogen (secondary N) is 1. The topological polar surface area (TPSA) is 61.8 Å². The molecule has 33 heavy (non-hydrogen) atoms. The summed E-state index contributed by atoms with van der Waals surface area (Å²) in [4.78, 5) is 32.2. The van der Waals surface area contributed by atoms with Crippen LogP contribution >= 0.6 is 39.3 Å². The predicted octanol–water partition coefficient (Wildman–Crippen LogP) is 6.40. The molecule has 1 atom stereocenters. The highest BCUT2D eigenvalue weighted by Crippen LogP contribution is 2.31. The Hall–Kier alpha value is -2.68. The minimum Gasteiger partial charge on any atom is -0.325 e. The minimum absolute atomic E-state index is 0.0192. The second-order valence-electron chi connectivity index (χ2n) is 7.29. The summed E-state index contributed by atoms with van der Waals surface area (Å²) in [6, 6.07) is 20.1. The summed E-state index contributed by atoms with van der Waals surface area (Å²) in [7, 11) is 0. The number of thioether (sulfide) groups is 1. The van der Waals surface area contributed by atoms with Crippen molar-refractivity contribution < 1.29 is 14.0 Å². The lowest BCUT2D eigenvalue weighted by Crippen LogP contribution is -2.44. The van der Waals surface area contributed by atoms with Crippen molar-refractivity contribution in [1.82, 2.24) is 4.90 Å². The quantitative estimate of drug-likeness (QED) is 0.403. The normalized spacial score (nSPS) is 17.3. The maximum atomic E-state index is 13.3. The summed E-state index contributed by atoms with van der Waals surface area (Å²) in [6.07, 6.45) is 0.0192. The van der Waals surface area contributed by atoms with E-state index < -0.39 is 5.25 Å². The zero-order valence-electron chi connectivity index (χ0n) is 17.2. The van der Waals surface area contributed by atoms with Gasteiger partial charge in [-0.05, 0) is 60.2 Å². The molecule has 4 rings (SSSR count). The second kappa shape index (κ2) is 10.5. The molecule has 1 unspecified atom stereocenters. The fraction of sp³-hybridized carbons (Fsp3) is 0.125. The van der Waals surface area contributed by atoms with Gasteiger partial charge in [0.25, 0.3) is 0 Å². The van der Waals surface area contributed by atoms with E-state index in [2.05, 4.69) is 26.2 Å². The maximum absolute atomic E-state index is 13.3. The fourth-order valence-corrected chi connectivity index (χ4v) is 4.81. The van der Waals surface area contributed by atoms with Crippen LogP contribution in [-0.4, -0.2) is 27.1 Å². The van der Waals surface area contributed by atoms with Crippen LogP contribution in [-0.2, 0) is 16.1 Å². The van der Waals surface area contributed by atoms with Crippen LogP contribution in [0.15, 0.2) is 82.3 Å². The molecule has 0 aliphatic carbocycles.